The summed E-state index contributed by atoms with van der Waals surface area (Å²) in [7, 11) is -5.40. The van der Waals surface area contributed by atoms with Crippen LogP contribution in [0, 0.1) is 0 Å². The molecule has 4 unspecified atom stereocenters. The van der Waals surface area contributed by atoms with E-state index in [4.69, 9.17) is 23.8 Å². The van der Waals surface area contributed by atoms with Gasteiger partial charge >= 0.3 is 11.9 Å². The molecule has 0 radical (unpaired) electrons. The number of ether oxygens (including phenoxy) is 2. The van der Waals surface area contributed by atoms with E-state index in [0.29, 0.717) is 25.7 Å². The molecule has 9 atom stereocenters. The fourth-order valence-corrected chi connectivity index (χ4v) is 7.95. The summed E-state index contributed by atoms with van der Waals surface area (Å²) in [6.45, 7) is 3.02. The molecule has 1 rings (SSSR count). The van der Waals surface area contributed by atoms with Crippen LogP contribution in [0.4, 0.5) is 0 Å². The fourth-order valence-electron chi connectivity index (χ4n) is 6.99. The number of rotatable bonds is 39. The minimum Gasteiger partial charge on any atom is -0.756 e. The molecule has 0 amide bonds. The zero-order valence-electron chi connectivity index (χ0n) is 38.1. The van der Waals surface area contributed by atoms with E-state index >= 15 is 0 Å². The molecular weight excluding hydrogens is 835 g/mol. The molecule has 0 aliphatic heterocycles. The first kappa shape index (κ1) is 58.7. The summed E-state index contributed by atoms with van der Waals surface area (Å²) in [5, 5.41) is 59.1. The Hall–Kier alpha value is -2.27. The molecule has 366 valence electrons. The van der Waals surface area contributed by atoms with E-state index in [1.807, 2.05) is 48.6 Å². The van der Waals surface area contributed by atoms with Crippen molar-refractivity contribution in [3.63, 3.8) is 0 Å². The molecule has 6 N–H and O–H groups in total. The van der Waals surface area contributed by atoms with Gasteiger partial charge < -0.3 is 48.9 Å². The fraction of sp³-hybridized carbons (Fsp3) is 0.787. The average Bonchev–Trinajstić information content (AvgIpc) is 3.27. The maximum atomic E-state index is 12.7. The van der Waals surface area contributed by atoms with E-state index in [-0.39, 0.29) is 18.9 Å². The molecule has 0 aromatic heterocycles. The van der Waals surface area contributed by atoms with E-state index in [1.54, 1.807) is 0 Å². The Morgan fingerprint density at radius 3 is 1.67 bits per heavy atom. The molecular formula is C47H82O15P-. The van der Waals surface area contributed by atoms with Gasteiger partial charge in [-0.3, -0.25) is 19.4 Å². The van der Waals surface area contributed by atoms with Crippen molar-refractivity contribution >= 4 is 19.8 Å². The Bertz CT molecular complexity index is 1310. The highest BCUT2D eigenvalue weighted by Crippen LogP contribution is 2.43. The third kappa shape index (κ3) is 29.8. The molecule has 0 bridgehead atoms. The number of unbranched alkanes of at least 4 members (excludes halogenated alkanes) is 17. The highest BCUT2D eigenvalue weighted by atomic mass is 31.2. The third-order valence-electron chi connectivity index (χ3n) is 10.9. The number of phosphoric ester groups is 1. The van der Waals surface area contributed by atoms with Gasteiger partial charge in [0.15, 0.2) is 6.10 Å². The summed E-state index contributed by atoms with van der Waals surface area (Å²) >= 11 is 0. The predicted octanol–water partition coefficient (Wildman–Crippen LogP) is 8.01. The number of carbonyl (C=O) groups excluding carboxylic acids is 2. The molecule has 63 heavy (non-hydrogen) atoms. The number of phosphoric acid groups is 1. The summed E-state index contributed by atoms with van der Waals surface area (Å²) in [5.41, 5.74) is 0. The van der Waals surface area contributed by atoms with Gasteiger partial charge in [0, 0.05) is 12.8 Å². The second-order valence-electron chi connectivity index (χ2n) is 16.5. The molecule has 1 aliphatic rings. The van der Waals surface area contributed by atoms with Crippen LogP contribution in [0.25, 0.3) is 0 Å². The first-order valence-corrected chi connectivity index (χ1v) is 25.2. The van der Waals surface area contributed by atoms with Gasteiger partial charge in [-0.05, 0) is 38.5 Å². The van der Waals surface area contributed by atoms with Crippen molar-refractivity contribution in [2.45, 2.75) is 223 Å². The number of carbonyl (C=O) groups is 2. The molecule has 0 heterocycles. The van der Waals surface area contributed by atoms with Gasteiger partial charge in [0.2, 0.25) is 0 Å². The standard InChI is InChI=1S/C47H83O15P/c1-3-5-7-8-9-10-11-12-13-14-17-20-23-26-30-34-40(48)58-36-39(37-59-63(56,57)62-47-45(53)43(51)42(50)44(52)46(47)54)60-41(49)35-31-27-24-21-18-15-16-19-22-25-29-33-38(61-55)32-28-6-4-2/h15-16,21-22,24-25,29,33,38-39,42-47,50-55H,3-14,17-20,23,26-28,30-32,34-37H2,1-2H3,(H,56,57)/p-1/b16-15-,24-21-,25-22-,33-29+/t38?,39-,42?,43-,44+,45-,46-,47?/m1/s1. The molecule has 16 heteroatoms. The van der Waals surface area contributed by atoms with Crippen molar-refractivity contribution in [1.29, 1.82) is 0 Å². The van der Waals surface area contributed by atoms with Crippen LogP contribution in [0.5, 0.6) is 0 Å². The van der Waals surface area contributed by atoms with Crippen molar-refractivity contribution in [1.82, 2.24) is 0 Å². The van der Waals surface area contributed by atoms with Crippen molar-refractivity contribution in [2.75, 3.05) is 13.2 Å². The molecule has 1 fully saturated rings. The Morgan fingerprint density at radius 1 is 0.603 bits per heavy atom. The predicted molar refractivity (Wildman–Crippen MR) is 240 cm³/mol. The van der Waals surface area contributed by atoms with Gasteiger partial charge in [-0.15, -0.1) is 0 Å². The summed E-state index contributed by atoms with van der Waals surface area (Å²) in [6.07, 6.45) is 25.8. The summed E-state index contributed by atoms with van der Waals surface area (Å²) in [6, 6.07) is 0. The normalized spacial score (nSPS) is 22.6. The van der Waals surface area contributed by atoms with Crippen LogP contribution in [0.1, 0.15) is 174 Å². The van der Waals surface area contributed by atoms with Gasteiger partial charge in [0.05, 0.1) is 6.61 Å². The summed E-state index contributed by atoms with van der Waals surface area (Å²) < 4.78 is 33.1. The molecule has 15 nitrogen and oxygen atoms in total. The molecule has 0 aromatic carbocycles. The second kappa shape index (κ2) is 37.9. The van der Waals surface area contributed by atoms with E-state index in [2.05, 4.69) is 18.7 Å². The summed E-state index contributed by atoms with van der Waals surface area (Å²) in [5.74, 6) is -1.23. The zero-order chi connectivity index (χ0) is 46.6. The number of hydrogen-bond donors (Lipinski definition) is 6. The van der Waals surface area contributed by atoms with Crippen molar-refractivity contribution < 1.29 is 73.2 Å². The Kier molecular flexibility index (Phi) is 35.3. The van der Waals surface area contributed by atoms with E-state index in [0.717, 1.165) is 57.8 Å². The van der Waals surface area contributed by atoms with Gasteiger partial charge in [-0.1, -0.05) is 172 Å². The van der Waals surface area contributed by atoms with E-state index < -0.39 is 75.7 Å². The lowest BCUT2D eigenvalue weighted by Crippen LogP contribution is -2.64. The van der Waals surface area contributed by atoms with Crippen LogP contribution >= 0.6 is 7.82 Å². The number of esters is 2. The van der Waals surface area contributed by atoms with Crippen molar-refractivity contribution in [3.05, 3.63) is 48.6 Å². The smallest absolute Gasteiger partial charge is 0.306 e. The first-order chi connectivity index (χ1) is 30.4. The van der Waals surface area contributed by atoms with Crippen LogP contribution < -0.4 is 4.89 Å². The van der Waals surface area contributed by atoms with Gasteiger partial charge in [0.1, 0.15) is 49.3 Å². The maximum Gasteiger partial charge on any atom is 0.306 e. The number of aliphatic hydroxyl groups excluding tert-OH is 5. The van der Waals surface area contributed by atoms with Gasteiger partial charge in [-0.25, -0.2) is 4.89 Å². The first-order valence-electron chi connectivity index (χ1n) is 23.7. The minimum absolute atomic E-state index is 0.0209. The Labute approximate surface area is 377 Å². The van der Waals surface area contributed by atoms with Crippen LogP contribution in [0.15, 0.2) is 48.6 Å². The zero-order valence-corrected chi connectivity index (χ0v) is 39.0. The molecule has 0 saturated heterocycles. The molecule has 0 spiro atoms. The molecule has 1 aliphatic carbocycles. The highest BCUT2D eigenvalue weighted by molar-refractivity contribution is 7.45. The van der Waals surface area contributed by atoms with Crippen LogP contribution in [-0.4, -0.2) is 105 Å². The van der Waals surface area contributed by atoms with Crippen LogP contribution in [0.2, 0.25) is 0 Å². The quantitative estimate of drug-likeness (QED) is 0.00651. The molecule has 1 saturated carbocycles. The highest BCUT2D eigenvalue weighted by Gasteiger charge is 2.50. The summed E-state index contributed by atoms with van der Waals surface area (Å²) in [4.78, 5) is 42.5. The van der Waals surface area contributed by atoms with E-state index in [1.165, 1.54) is 64.2 Å². The SMILES string of the molecule is CCCCCCCCCCCCCCCCCC(=O)OC[C@H](COP(=O)([O-])OC1[C@H](O)[C@H](O)C(O)[C@H](O)[C@H]1O)OC(=O)CCC/C=C\C/C=C\C/C=C\C=C\C(CCCCC)OO. The second-order valence-corrected chi connectivity index (χ2v) is 17.9. The van der Waals surface area contributed by atoms with E-state index in [9.17, 15) is 44.6 Å². The maximum absolute atomic E-state index is 12.7. The Balaban J connectivity index is 2.53. The number of hydrogen-bond acceptors (Lipinski definition) is 15. The topological polar surface area (TPSA) is 242 Å². The monoisotopic (exact) mass is 918 g/mol. The van der Waals surface area contributed by atoms with Gasteiger partial charge in [-0.2, -0.15) is 0 Å². The lowest BCUT2D eigenvalue weighted by atomic mass is 9.85. The van der Waals surface area contributed by atoms with Gasteiger partial charge in [0.25, 0.3) is 7.82 Å². The van der Waals surface area contributed by atoms with Crippen LogP contribution in [0.3, 0.4) is 0 Å². The lowest BCUT2D eigenvalue weighted by molar-refractivity contribution is -0.267. The van der Waals surface area contributed by atoms with Crippen molar-refractivity contribution in [3.8, 4) is 0 Å². The largest absolute Gasteiger partial charge is 0.756 e. The average molecular weight is 918 g/mol. The van der Waals surface area contributed by atoms with Crippen LogP contribution in [-0.2, 0) is 37.6 Å². The number of aliphatic hydroxyl groups is 5. The Morgan fingerprint density at radius 2 is 1.10 bits per heavy atom. The lowest BCUT2D eigenvalue weighted by Gasteiger charge is -2.43. The third-order valence-corrected chi connectivity index (χ3v) is 11.9. The number of allylic oxidation sites excluding steroid dienone is 7. The van der Waals surface area contributed by atoms with Crippen molar-refractivity contribution in [2.24, 2.45) is 0 Å². The minimum atomic E-state index is -5.40. The molecule has 0 aromatic rings.